The summed E-state index contributed by atoms with van der Waals surface area (Å²) in [6, 6.07) is -0.793. The van der Waals surface area contributed by atoms with Crippen LogP contribution >= 0.6 is 0 Å². The van der Waals surface area contributed by atoms with Crippen LogP contribution in [0.3, 0.4) is 0 Å². The summed E-state index contributed by atoms with van der Waals surface area (Å²) in [7, 11) is -3.99. The van der Waals surface area contributed by atoms with Crippen molar-refractivity contribution >= 4 is 16.0 Å². The van der Waals surface area contributed by atoms with E-state index >= 15 is 0 Å². The number of carbonyl (C=O) groups is 1. The van der Waals surface area contributed by atoms with Crippen molar-refractivity contribution in [2.45, 2.75) is 50.4 Å². The molecule has 0 aromatic heterocycles. The minimum Gasteiger partial charge on any atom is -0.352 e. The van der Waals surface area contributed by atoms with Gasteiger partial charge >= 0.3 is 0 Å². The minimum absolute atomic E-state index is 0.0359. The standard InChI is InChI=1S/C10H20N2O4S/c1-6(2)9(11)10(13)12-7-3-4-8(5-7)17(14,15)16/h6-9H,3-5,11H2,1-2H3,(H,12,13)(H,14,15,16)/t7?,8?,9-/m0/s1. The van der Waals surface area contributed by atoms with Gasteiger partial charge in [0.2, 0.25) is 5.91 Å². The number of rotatable bonds is 4. The van der Waals surface area contributed by atoms with Crippen LogP contribution in [0.15, 0.2) is 0 Å². The van der Waals surface area contributed by atoms with Gasteiger partial charge in [-0.05, 0) is 25.2 Å². The first-order chi connectivity index (χ1) is 7.71. The molecule has 1 aliphatic rings. The van der Waals surface area contributed by atoms with E-state index in [2.05, 4.69) is 5.32 Å². The fraction of sp³-hybridized carbons (Fsp3) is 0.900. The van der Waals surface area contributed by atoms with Gasteiger partial charge in [-0.3, -0.25) is 9.35 Å². The molecular formula is C10H20N2O4S. The molecule has 1 fully saturated rings. The molecular weight excluding hydrogens is 244 g/mol. The molecule has 0 radical (unpaired) electrons. The molecule has 4 N–H and O–H groups in total. The minimum atomic E-state index is -3.99. The SMILES string of the molecule is CC(C)[C@H](N)C(=O)NC1CCC(S(=O)(=O)O)C1. The fourth-order valence-corrected chi connectivity index (χ4v) is 2.85. The van der Waals surface area contributed by atoms with Gasteiger partial charge in [0, 0.05) is 6.04 Å². The van der Waals surface area contributed by atoms with Gasteiger partial charge in [-0.1, -0.05) is 13.8 Å². The maximum atomic E-state index is 11.6. The quantitative estimate of drug-likeness (QED) is 0.614. The Labute approximate surface area is 102 Å². The van der Waals surface area contributed by atoms with Crippen LogP contribution in [0.25, 0.3) is 0 Å². The summed E-state index contributed by atoms with van der Waals surface area (Å²) >= 11 is 0. The van der Waals surface area contributed by atoms with Gasteiger partial charge in [0.15, 0.2) is 0 Å². The Morgan fingerprint density at radius 1 is 1.41 bits per heavy atom. The van der Waals surface area contributed by atoms with E-state index in [1.165, 1.54) is 0 Å². The molecule has 6 nitrogen and oxygen atoms in total. The Hall–Kier alpha value is -0.660. The van der Waals surface area contributed by atoms with Gasteiger partial charge in [-0.25, -0.2) is 0 Å². The molecule has 3 atom stereocenters. The van der Waals surface area contributed by atoms with Gasteiger partial charge in [-0.2, -0.15) is 8.42 Å². The van der Waals surface area contributed by atoms with E-state index in [1.54, 1.807) is 0 Å². The van der Waals surface area contributed by atoms with E-state index in [-0.39, 0.29) is 24.3 Å². The van der Waals surface area contributed by atoms with Crippen molar-refractivity contribution in [3.63, 3.8) is 0 Å². The van der Waals surface area contributed by atoms with Crippen molar-refractivity contribution < 1.29 is 17.8 Å². The van der Waals surface area contributed by atoms with E-state index < -0.39 is 21.4 Å². The molecule has 2 unspecified atom stereocenters. The molecule has 1 aliphatic carbocycles. The van der Waals surface area contributed by atoms with Crippen molar-refractivity contribution in [1.29, 1.82) is 0 Å². The van der Waals surface area contributed by atoms with Crippen LogP contribution in [0, 0.1) is 5.92 Å². The Balaban J connectivity index is 2.49. The van der Waals surface area contributed by atoms with Crippen LogP contribution < -0.4 is 11.1 Å². The molecule has 0 heterocycles. The second-order valence-corrected chi connectivity index (χ2v) is 6.62. The molecule has 0 saturated heterocycles. The van der Waals surface area contributed by atoms with Crippen molar-refractivity contribution in [3.05, 3.63) is 0 Å². The fourth-order valence-electron chi connectivity index (χ4n) is 1.94. The van der Waals surface area contributed by atoms with Crippen LogP contribution in [-0.2, 0) is 14.9 Å². The van der Waals surface area contributed by atoms with Crippen LogP contribution in [0.1, 0.15) is 33.1 Å². The Morgan fingerprint density at radius 3 is 2.41 bits per heavy atom. The second-order valence-electron chi connectivity index (χ2n) is 4.93. The summed E-state index contributed by atoms with van der Waals surface area (Å²) in [4.78, 5) is 11.6. The van der Waals surface area contributed by atoms with Gasteiger partial charge in [0.1, 0.15) is 0 Å². The van der Waals surface area contributed by atoms with Crippen molar-refractivity contribution in [3.8, 4) is 0 Å². The van der Waals surface area contributed by atoms with Crippen LogP contribution in [0.2, 0.25) is 0 Å². The number of nitrogens with two attached hydrogens (primary N) is 1. The Bertz CT molecular complexity index is 380. The zero-order valence-electron chi connectivity index (χ0n) is 10.1. The molecule has 0 bridgehead atoms. The summed E-state index contributed by atoms with van der Waals surface area (Å²) in [6.07, 6.45) is 1.19. The Kier molecular flexibility index (Phi) is 4.51. The maximum absolute atomic E-state index is 11.6. The number of hydrogen-bond donors (Lipinski definition) is 3. The second kappa shape index (κ2) is 5.32. The summed E-state index contributed by atoms with van der Waals surface area (Å²) in [5.41, 5.74) is 5.68. The van der Waals surface area contributed by atoms with E-state index in [9.17, 15) is 13.2 Å². The van der Waals surface area contributed by atoms with E-state index in [0.29, 0.717) is 12.8 Å². The molecule has 0 aliphatic heterocycles. The van der Waals surface area contributed by atoms with Gasteiger partial charge < -0.3 is 11.1 Å². The number of hydrogen-bond acceptors (Lipinski definition) is 4. The van der Waals surface area contributed by atoms with Crippen molar-refractivity contribution in [1.82, 2.24) is 5.32 Å². The molecule has 1 saturated carbocycles. The number of carbonyl (C=O) groups excluding carboxylic acids is 1. The van der Waals surface area contributed by atoms with Gasteiger partial charge in [0.25, 0.3) is 10.1 Å². The lowest BCUT2D eigenvalue weighted by atomic mass is 10.0. The topological polar surface area (TPSA) is 109 Å². The molecule has 0 aromatic rings. The van der Waals surface area contributed by atoms with E-state index in [0.717, 1.165) is 0 Å². The van der Waals surface area contributed by atoms with Crippen LogP contribution in [0.4, 0.5) is 0 Å². The molecule has 7 heteroatoms. The third-order valence-electron chi connectivity index (χ3n) is 3.17. The lowest BCUT2D eigenvalue weighted by molar-refractivity contribution is -0.123. The van der Waals surface area contributed by atoms with Crippen LogP contribution in [0.5, 0.6) is 0 Å². The first-order valence-electron chi connectivity index (χ1n) is 5.74. The first kappa shape index (κ1) is 14.4. The number of nitrogens with one attached hydrogen (secondary N) is 1. The monoisotopic (exact) mass is 264 g/mol. The molecule has 1 rings (SSSR count). The molecule has 1 amide bonds. The average Bonchev–Trinajstić information content (AvgIpc) is 2.64. The predicted octanol–water partition coefficient (Wildman–Crippen LogP) is -0.105. The third-order valence-corrected chi connectivity index (χ3v) is 4.44. The van der Waals surface area contributed by atoms with E-state index in [1.807, 2.05) is 13.8 Å². The summed E-state index contributed by atoms with van der Waals surface area (Å²) in [6.45, 7) is 3.69. The zero-order chi connectivity index (χ0) is 13.2. The molecule has 17 heavy (non-hydrogen) atoms. The third kappa shape index (κ3) is 3.93. The Morgan fingerprint density at radius 2 is 2.00 bits per heavy atom. The highest BCUT2D eigenvalue weighted by Crippen LogP contribution is 2.24. The molecule has 100 valence electrons. The highest BCUT2D eigenvalue weighted by atomic mass is 32.2. The number of amides is 1. The van der Waals surface area contributed by atoms with Crippen LogP contribution in [-0.4, -0.2) is 36.2 Å². The molecule has 0 aromatic carbocycles. The van der Waals surface area contributed by atoms with Crippen molar-refractivity contribution in [2.24, 2.45) is 11.7 Å². The maximum Gasteiger partial charge on any atom is 0.267 e. The largest absolute Gasteiger partial charge is 0.352 e. The average molecular weight is 264 g/mol. The predicted molar refractivity (Wildman–Crippen MR) is 63.9 cm³/mol. The lowest BCUT2D eigenvalue weighted by Gasteiger charge is -2.19. The molecule has 0 spiro atoms. The van der Waals surface area contributed by atoms with E-state index in [4.69, 9.17) is 10.3 Å². The zero-order valence-corrected chi connectivity index (χ0v) is 10.9. The highest BCUT2D eigenvalue weighted by Gasteiger charge is 2.34. The van der Waals surface area contributed by atoms with Gasteiger partial charge in [0.05, 0.1) is 11.3 Å². The summed E-state index contributed by atoms with van der Waals surface area (Å²) < 4.78 is 30.8. The van der Waals surface area contributed by atoms with Gasteiger partial charge in [-0.15, -0.1) is 0 Å². The lowest BCUT2D eigenvalue weighted by Crippen LogP contribution is -2.47. The summed E-state index contributed by atoms with van der Waals surface area (Å²) in [5.74, 6) is -0.227. The first-order valence-corrected chi connectivity index (χ1v) is 7.24. The normalized spacial score (nSPS) is 27.1. The smallest absolute Gasteiger partial charge is 0.267 e. The summed E-state index contributed by atoms with van der Waals surface area (Å²) in [5, 5.41) is 1.96. The van der Waals surface area contributed by atoms with Crippen molar-refractivity contribution in [2.75, 3.05) is 0 Å². The highest BCUT2D eigenvalue weighted by molar-refractivity contribution is 7.86.